The van der Waals surface area contributed by atoms with Crippen molar-refractivity contribution in [1.82, 2.24) is 0 Å². The minimum atomic E-state index is 0.698. The Bertz CT molecular complexity index is 1900. The van der Waals surface area contributed by atoms with Crippen LogP contribution in [-0.2, 0) is 0 Å². The molecule has 0 heterocycles. The lowest BCUT2D eigenvalue weighted by Gasteiger charge is -2.32. The first kappa shape index (κ1) is 27.8. The average molecular weight is 580 g/mol. The number of nitrogens with zero attached hydrogens (tertiary/aromatic N) is 2. The second-order valence-electron chi connectivity index (χ2n) is 10.9. The Balaban J connectivity index is 1.48. The quantitative estimate of drug-likeness (QED) is 0.182. The molecule has 0 fully saturated rings. The summed E-state index contributed by atoms with van der Waals surface area (Å²) in [7, 11) is 0. The molecule has 7 rings (SSSR count). The molecule has 216 valence electrons. The van der Waals surface area contributed by atoms with Crippen molar-refractivity contribution < 1.29 is 0 Å². The third-order valence-corrected chi connectivity index (χ3v) is 7.97. The summed E-state index contributed by atoms with van der Waals surface area (Å²) in [5.74, 6) is 0. The maximum atomic E-state index is 7.14. The monoisotopic (exact) mass is 579 g/mol. The molecular weight excluding hydrogens is 546 g/mol. The zero-order chi connectivity index (χ0) is 30.4. The van der Waals surface area contributed by atoms with Crippen LogP contribution < -0.4 is 15.5 Å². The highest BCUT2D eigenvalue weighted by atomic mass is 15.2. The minimum absolute atomic E-state index is 0.698. The molecule has 7 aromatic rings. The molecule has 3 heteroatoms. The van der Waals surface area contributed by atoms with E-state index in [1.807, 2.05) is 30.3 Å². The molecule has 0 aliphatic rings. The maximum Gasteiger partial charge on any atom is 0.0581 e. The van der Waals surface area contributed by atoms with Crippen molar-refractivity contribution in [2.45, 2.75) is 0 Å². The summed E-state index contributed by atoms with van der Waals surface area (Å²) in [5.41, 5.74) is 18.4. The molecular formula is C42H33N3. The number of para-hydroxylation sites is 4. The van der Waals surface area contributed by atoms with Gasteiger partial charge in [0.15, 0.2) is 0 Å². The van der Waals surface area contributed by atoms with Crippen molar-refractivity contribution in [3.63, 3.8) is 0 Å². The van der Waals surface area contributed by atoms with Crippen LogP contribution in [0.25, 0.3) is 22.3 Å². The van der Waals surface area contributed by atoms with Crippen molar-refractivity contribution in [2.24, 2.45) is 0 Å². The molecule has 0 aromatic heterocycles. The predicted octanol–water partition coefficient (Wildman–Crippen LogP) is 11.5. The molecule has 0 aliphatic carbocycles. The number of hydrogen-bond acceptors (Lipinski definition) is 3. The molecule has 45 heavy (non-hydrogen) atoms. The number of anilines is 7. The van der Waals surface area contributed by atoms with Crippen LogP contribution >= 0.6 is 0 Å². The summed E-state index contributed by atoms with van der Waals surface area (Å²) in [6.07, 6.45) is 0. The standard InChI is InChI=1S/C42H33N3/c43-40-30-39(44(35-18-8-2-9-19-35)36-20-10-3-11-21-36)31-41(45(37-22-12-4-13-23-37)38-24-14-5-15-25-38)42(40)34-28-26-33(27-29-34)32-16-6-1-7-17-32/h1-31H,43H2. The van der Waals surface area contributed by atoms with Gasteiger partial charge in [-0.1, -0.05) is 127 Å². The highest BCUT2D eigenvalue weighted by molar-refractivity contribution is 5.98. The molecule has 3 nitrogen and oxygen atoms in total. The van der Waals surface area contributed by atoms with Gasteiger partial charge in [-0.15, -0.1) is 0 Å². The van der Waals surface area contributed by atoms with Crippen LogP contribution in [0.15, 0.2) is 188 Å². The van der Waals surface area contributed by atoms with E-state index in [-0.39, 0.29) is 0 Å². The largest absolute Gasteiger partial charge is 0.398 e. The molecule has 0 amide bonds. The van der Waals surface area contributed by atoms with Gasteiger partial charge in [0.1, 0.15) is 0 Å². The van der Waals surface area contributed by atoms with Crippen molar-refractivity contribution in [2.75, 3.05) is 15.5 Å². The summed E-state index contributed by atoms with van der Waals surface area (Å²) < 4.78 is 0. The molecule has 0 unspecified atom stereocenters. The van der Waals surface area contributed by atoms with Gasteiger partial charge in [-0.25, -0.2) is 0 Å². The van der Waals surface area contributed by atoms with Crippen LogP contribution in [0.2, 0.25) is 0 Å². The second kappa shape index (κ2) is 12.7. The summed E-state index contributed by atoms with van der Waals surface area (Å²) >= 11 is 0. The van der Waals surface area contributed by atoms with Gasteiger partial charge < -0.3 is 15.5 Å². The zero-order valence-corrected chi connectivity index (χ0v) is 24.9. The minimum Gasteiger partial charge on any atom is -0.398 e. The Labute approximate surface area is 265 Å². The second-order valence-corrected chi connectivity index (χ2v) is 10.9. The average Bonchev–Trinajstić information content (AvgIpc) is 3.11. The summed E-state index contributed by atoms with van der Waals surface area (Å²) in [6, 6.07) is 65.4. The molecule has 0 radical (unpaired) electrons. The van der Waals surface area contributed by atoms with Crippen molar-refractivity contribution in [1.29, 1.82) is 0 Å². The van der Waals surface area contributed by atoms with E-state index < -0.39 is 0 Å². The van der Waals surface area contributed by atoms with Crippen molar-refractivity contribution >= 4 is 39.8 Å². The van der Waals surface area contributed by atoms with Gasteiger partial charge in [-0.05, 0) is 77.4 Å². The number of nitrogens with two attached hydrogens (primary N) is 1. The normalized spacial score (nSPS) is 10.8. The van der Waals surface area contributed by atoms with Gasteiger partial charge in [0.05, 0.1) is 11.4 Å². The highest BCUT2D eigenvalue weighted by Gasteiger charge is 2.23. The van der Waals surface area contributed by atoms with E-state index in [1.54, 1.807) is 0 Å². The fourth-order valence-electron chi connectivity index (χ4n) is 5.90. The first-order valence-electron chi connectivity index (χ1n) is 15.2. The Hall–Kier alpha value is -6.06. The Morgan fingerprint density at radius 1 is 0.311 bits per heavy atom. The number of rotatable bonds is 8. The van der Waals surface area contributed by atoms with Gasteiger partial charge in [0.2, 0.25) is 0 Å². The Morgan fingerprint density at radius 3 is 1.11 bits per heavy atom. The smallest absolute Gasteiger partial charge is 0.0581 e. The zero-order valence-electron chi connectivity index (χ0n) is 24.9. The van der Waals surface area contributed by atoms with E-state index in [9.17, 15) is 0 Å². The van der Waals surface area contributed by atoms with Crippen LogP contribution in [0.4, 0.5) is 39.8 Å². The molecule has 0 saturated heterocycles. The van der Waals surface area contributed by atoms with Crippen LogP contribution in [-0.4, -0.2) is 0 Å². The number of hydrogen-bond donors (Lipinski definition) is 1. The lowest BCUT2D eigenvalue weighted by molar-refractivity contribution is 1.25. The van der Waals surface area contributed by atoms with Crippen molar-refractivity contribution in [3.05, 3.63) is 188 Å². The topological polar surface area (TPSA) is 32.5 Å². The van der Waals surface area contributed by atoms with E-state index in [0.717, 1.165) is 45.3 Å². The van der Waals surface area contributed by atoms with Crippen LogP contribution in [0.3, 0.4) is 0 Å². The number of nitrogen functional groups attached to an aromatic ring is 1. The lowest BCUT2D eigenvalue weighted by atomic mass is 9.96. The first-order chi connectivity index (χ1) is 22.3. The van der Waals surface area contributed by atoms with E-state index in [2.05, 4.69) is 168 Å². The maximum absolute atomic E-state index is 7.14. The molecule has 7 aromatic carbocycles. The molecule has 0 spiro atoms. The summed E-state index contributed by atoms with van der Waals surface area (Å²) in [4.78, 5) is 4.56. The Morgan fingerprint density at radius 2 is 0.667 bits per heavy atom. The number of benzene rings is 7. The third-order valence-electron chi connectivity index (χ3n) is 7.97. The summed E-state index contributed by atoms with van der Waals surface area (Å²) in [5, 5.41) is 0. The van der Waals surface area contributed by atoms with Crippen LogP contribution in [0.5, 0.6) is 0 Å². The van der Waals surface area contributed by atoms with Gasteiger partial charge >= 0.3 is 0 Å². The molecule has 0 atom stereocenters. The van der Waals surface area contributed by atoms with E-state index in [1.165, 1.54) is 11.1 Å². The summed E-state index contributed by atoms with van der Waals surface area (Å²) in [6.45, 7) is 0. The first-order valence-corrected chi connectivity index (χ1v) is 15.2. The van der Waals surface area contributed by atoms with E-state index in [4.69, 9.17) is 5.73 Å². The predicted molar refractivity (Wildman–Crippen MR) is 191 cm³/mol. The Kier molecular flexibility index (Phi) is 7.81. The fourth-order valence-corrected chi connectivity index (χ4v) is 5.90. The van der Waals surface area contributed by atoms with Crippen LogP contribution in [0.1, 0.15) is 0 Å². The SMILES string of the molecule is Nc1cc(N(c2ccccc2)c2ccccc2)cc(N(c2ccccc2)c2ccccc2)c1-c1ccc(-c2ccccc2)cc1. The van der Waals surface area contributed by atoms with E-state index in [0.29, 0.717) is 5.69 Å². The van der Waals surface area contributed by atoms with Crippen molar-refractivity contribution in [3.8, 4) is 22.3 Å². The molecule has 2 N–H and O–H groups in total. The van der Waals surface area contributed by atoms with E-state index >= 15 is 0 Å². The van der Waals surface area contributed by atoms with Gasteiger partial charge in [-0.3, -0.25) is 0 Å². The fraction of sp³-hybridized carbons (Fsp3) is 0. The van der Waals surface area contributed by atoms with Gasteiger partial charge in [-0.2, -0.15) is 0 Å². The lowest BCUT2D eigenvalue weighted by Crippen LogP contribution is -2.15. The molecule has 0 aliphatic heterocycles. The van der Waals surface area contributed by atoms with Gasteiger partial charge in [0.25, 0.3) is 0 Å². The molecule has 0 saturated carbocycles. The van der Waals surface area contributed by atoms with Crippen LogP contribution in [0, 0.1) is 0 Å². The molecule has 0 bridgehead atoms. The third kappa shape index (κ3) is 5.80. The van der Waals surface area contributed by atoms with Gasteiger partial charge in [0, 0.05) is 34.0 Å². The highest BCUT2D eigenvalue weighted by Crippen LogP contribution is 2.48.